The molecule has 1 amide bonds. The van der Waals surface area contributed by atoms with Crippen LogP contribution in [-0.4, -0.2) is 21.5 Å². The van der Waals surface area contributed by atoms with E-state index in [1.165, 1.54) is 16.9 Å². The molecule has 2 aliphatic carbocycles. The molecule has 0 radical (unpaired) electrons. The molecule has 0 unspecified atom stereocenters. The third kappa shape index (κ3) is 4.30. The van der Waals surface area contributed by atoms with Crippen molar-refractivity contribution >= 4 is 23.5 Å². The second kappa shape index (κ2) is 8.43. The molecule has 0 saturated heterocycles. The van der Waals surface area contributed by atoms with Gasteiger partial charge in [-0.2, -0.15) is 5.10 Å². The zero-order valence-corrected chi connectivity index (χ0v) is 17.5. The maximum absolute atomic E-state index is 13.4. The van der Waals surface area contributed by atoms with E-state index in [9.17, 15) is 18.4 Å². The predicted octanol–water partition coefficient (Wildman–Crippen LogP) is 4.61. The summed E-state index contributed by atoms with van der Waals surface area (Å²) in [5.74, 6) is -2.18. The van der Waals surface area contributed by atoms with E-state index in [4.69, 9.17) is 0 Å². The van der Waals surface area contributed by atoms with Crippen LogP contribution in [0.5, 0.6) is 0 Å². The molecule has 0 spiro atoms. The average Bonchev–Trinajstić information content (AvgIpc) is 3.43. The molecule has 33 heavy (non-hydrogen) atoms. The van der Waals surface area contributed by atoms with Gasteiger partial charge < -0.3 is 5.32 Å². The Morgan fingerprint density at radius 3 is 2.76 bits per heavy atom. The van der Waals surface area contributed by atoms with Crippen molar-refractivity contribution in [3.8, 4) is 0 Å². The van der Waals surface area contributed by atoms with Gasteiger partial charge in [0.15, 0.2) is 17.4 Å². The van der Waals surface area contributed by atoms with Crippen LogP contribution in [0, 0.1) is 11.6 Å². The minimum absolute atomic E-state index is 0.00930. The van der Waals surface area contributed by atoms with Crippen LogP contribution >= 0.6 is 0 Å². The number of carbonyl (C=O) groups excluding carboxylic acids is 2. The summed E-state index contributed by atoms with van der Waals surface area (Å²) in [6.45, 7) is 0.225. The highest BCUT2D eigenvalue weighted by atomic mass is 19.2. The molecule has 0 atom stereocenters. The van der Waals surface area contributed by atoms with Crippen LogP contribution in [0.15, 0.2) is 83.7 Å². The van der Waals surface area contributed by atoms with E-state index in [1.807, 2.05) is 30.3 Å². The Morgan fingerprint density at radius 2 is 1.94 bits per heavy atom. The number of hydrogen-bond donors (Lipinski definition) is 1. The Balaban J connectivity index is 1.28. The number of aromatic nitrogens is 2. The summed E-state index contributed by atoms with van der Waals surface area (Å²) >= 11 is 0. The monoisotopic (exact) mass is 443 g/mol. The second-order valence-electron chi connectivity index (χ2n) is 8.02. The fourth-order valence-corrected chi connectivity index (χ4v) is 4.03. The third-order valence-corrected chi connectivity index (χ3v) is 5.70. The van der Waals surface area contributed by atoms with Crippen LogP contribution in [0.2, 0.25) is 0 Å². The van der Waals surface area contributed by atoms with Crippen LogP contribution in [-0.2, 0) is 22.6 Å². The number of halogens is 2. The van der Waals surface area contributed by atoms with Crippen molar-refractivity contribution < 1.29 is 18.4 Å². The van der Waals surface area contributed by atoms with E-state index in [0.29, 0.717) is 28.8 Å². The number of rotatable bonds is 5. The highest BCUT2D eigenvalue weighted by molar-refractivity contribution is 6.12. The van der Waals surface area contributed by atoms with E-state index >= 15 is 0 Å². The normalized spacial score (nSPS) is 15.0. The van der Waals surface area contributed by atoms with Crippen molar-refractivity contribution in [2.75, 3.05) is 5.32 Å². The molecule has 0 fully saturated rings. The quantitative estimate of drug-likeness (QED) is 0.626. The highest BCUT2D eigenvalue weighted by Crippen LogP contribution is 2.32. The zero-order chi connectivity index (χ0) is 22.9. The van der Waals surface area contributed by atoms with Gasteiger partial charge in [-0.25, -0.2) is 8.78 Å². The summed E-state index contributed by atoms with van der Waals surface area (Å²) in [6, 6.07) is 11.6. The van der Waals surface area contributed by atoms with Gasteiger partial charge in [0.05, 0.1) is 18.4 Å². The molecule has 1 aromatic heterocycles. The van der Waals surface area contributed by atoms with E-state index in [0.717, 1.165) is 28.8 Å². The summed E-state index contributed by atoms with van der Waals surface area (Å²) in [4.78, 5) is 25.4. The number of Topliss-reactive ketones (excluding diaryl/α,β-unsaturated/α-hetero) is 1. The molecule has 7 heteroatoms. The van der Waals surface area contributed by atoms with Gasteiger partial charge in [0.1, 0.15) is 0 Å². The van der Waals surface area contributed by atoms with Gasteiger partial charge in [-0.15, -0.1) is 0 Å². The number of allylic oxidation sites excluding steroid dienone is 3. The van der Waals surface area contributed by atoms with Crippen LogP contribution < -0.4 is 5.32 Å². The molecule has 3 aromatic rings. The fourth-order valence-electron chi connectivity index (χ4n) is 4.03. The van der Waals surface area contributed by atoms with Crippen molar-refractivity contribution in [3.63, 3.8) is 0 Å². The summed E-state index contributed by atoms with van der Waals surface area (Å²) in [6.07, 6.45) is 9.18. The first-order chi connectivity index (χ1) is 16.0. The van der Waals surface area contributed by atoms with Gasteiger partial charge in [0.25, 0.3) is 5.91 Å². The lowest BCUT2D eigenvalue weighted by Gasteiger charge is -2.14. The molecule has 0 bridgehead atoms. The largest absolute Gasteiger partial charge is 0.319 e. The summed E-state index contributed by atoms with van der Waals surface area (Å²) in [5.41, 5.74) is 5.15. The van der Waals surface area contributed by atoms with Crippen molar-refractivity contribution in [1.82, 2.24) is 9.78 Å². The maximum atomic E-state index is 13.4. The fraction of sp³-hybridized carbons (Fsp3) is 0.115. The summed E-state index contributed by atoms with van der Waals surface area (Å²) < 4.78 is 28.0. The second-order valence-corrected chi connectivity index (χ2v) is 8.02. The smallest absolute Gasteiger partial charge is 0.255 e. The van der Waals surface area contributed by atoms with Crippen molar-refractivity contribution in [1.29, 1.82) is 0 Å². The molecule has 0 aliphatic heterocycles. The van der Waals surface area contributed by atoms with Gasteiger partial charge in [0, 0.05) is 23.8 Å². The molecule has 1 heterocycles. The molecule has 5 rings (SSSR count). The average molecular weight is 443 g/mol. The van der Waals surface area contributed by atoms with E-state index < -0.39 is 11.6 Å². The predicted molar refractivity (Wildman–Crippen MR) is 120 cm³/mol. The number of hydrogen-bond acceptors (Lipinski definition) is 3. The Morgan fingerprint density at radius 1 is 1.09 bits per heavy atom. The van der Waals surface area contributed by atoms with Crippen LogP contribution in [0.3, 0.4) is 0 Å². The first kappa shape index (κ1) is 20.8. The standard InChI is InChI=1S/C26H19F2N3O2/c27-23-7-5-16(9-24(23)28)14-31-15-21(13-29-31)30-26(33)19-6-8-25(32)22(12-19)20-10-17-3-1-2-4-18(17)11-20/h1-7,9-10,12-13,15H,8,11,14H2,(H,30,33). The minimum Gasteiger partial charge on any atom is -0.319 e. The van der Waals surface area contributed by atoms with Crippen molar-refractivity contribution in [2.24, 2.45) is 0 Å². The molecule has 1 N–H and O–H groups in total. The van der Waals surface area contributed by atoms with E-state index in [1.54, 1.807) is 18.3 Å². The number of nitrogens with zero attached hydrogens (tertiary/aromatic N) is 2. The molecule has 5 nitrogen and oxygen atoms in total. The van der Waals surface area contributed by atoms with Gasteiger partial charge in [-0.05, 0) is 46.9 Å². The Labute approximate surface area is 188 Å². The van der Waals surface area contributed by atoms with Crippen molar-refractivity contribution in [2.45, 2.75) is 19.4 Å². The lowest BCUT2D eigenvalue weighted by molar-refractivity contribution is -0.114. The number of ketones is 1. The zero-order valence-electron chi connectivity index (χ0n) is 17.5. The number of carbonyl (C=O) groups is 2. The van der Waals surface area contributed by atoms with Crippen molar-refractivity contribution in [3.05, 3.63) is 112 Å². The van der Waals surface area contributed by atoms with E-state index in [-0.39, 0.29) is 24.7 Å². The Bertz CT molecular complexity index is 1380. The van der Waals surface area contributed by atoms with Gasteiger partial charge in [0.2, 0.25) is 0 Å². The first-order valence-electron chi connectivity index (χ1n) is 10.5. The third-order valence-electron chi connectivity index (χ3n) is 5.70. The van der Waals surface area contributed by atoms with Crippen LogP contribution in [0.4, 0.5) is 14.5 Å². The topological polar surface area (TPSA) is 64.0 Å². The summed E-state index contributed by atoms with van der Waals surface area (Å²) in [5, 5.41) is 6.94. The van der Waals surface area contributed by atoms with Gasteiger partial charge in [-0.3, -0.25) is 14.3 Å². The molecular formula is C26H19F2N3O2. The number of benzene rings is 2. The molecule has 164 valence electrons. The van der Waals surface area contributed by atoms with E-state index in [2.05, 4.69) is 10.4 Å². The number of anilines is 1. The lowest BCUT2D eigenvalue weighted by Crippen LogP contribution is -2.18. The Hall–Kier alpha value is -4.13. The first-order valence-corrected chi connectivity index (χ1v) is 10.5. The van der Waals surface area contributed by atoms with Crippen LogP contribution in [0.25, 0.3) is 6.08 Å². The molecule has 2 aromatic carbocycles. The number of fused-ring (bicyclic) bond motifs is 1. The molecule has 2 aliphatic rings. The molecular weight excluding hydrogens is 424 g/mol. The lowest BCUT2D eigenvalue weighted by atomic mass is 9.91. The number of amides is 1. The Kier molecular flexibility index (Phi) is 5.30. The van der Waals surface area contributed by atoms with Gasteiger partial charge >= 0.3 is 0 Å². The maximum Gasteiger partial charge on any atom is 0.255 e. The summed E-state index contributed by atoms with van der Waals surface area (Å²) in [7, 11) is 0. The van der Waals surface area contributed by atoms with Crippen LogP contribution in [0.1, 0.15) is 23.1 Å². The van der Waals surface area contributed by atoms with Gasteiger partial charge in [-0.1, -0.05) is 42.5 Å². The number of nitrogens with one attached hydrogen (secondary N) is 1. The highest BCUT2D eigenvalue weighted by Gasteiger charge is 2.24. The molecule has 0 saturated carbocycles. The minimum atomic E-state index is -0.921. The SMILES string of the molecule is O=C1CC=C(C(=O)Nc2cnn(Cc3ccc(F)c(F)c3)c2)C=C1C1=Cc2ccccc2C1.